The van der Waals surface area contributed by atoms with E-state index in [1.54, 1.807) is 6.20 Å². The van der Waals surface area contributed by atoms with Crippen LogP contribution < -0.4 is 5.73 Å². The summed E-state index contributed by atoms with van der Waals surface area (Å²) in [6.45, 7) is 0. The fourth-order valence-corrected chi connectivity index (χ4v) is 1.67. The Kier molecular flexibility index (Phi) is 3.74. The van der Waals surface area contributed by atoms with E-state index in [4.69, 9.17) is 10.8 Å². The molecule has 0 amide bonds. The number of nitrogens with one attached hydrogen (secondary N) is 1. The average molecular weight is 245 g/mol. The third-order valence-electron chi connectivity index (χ3n) is 2.72. The third kappa shape index (κ3) is 2.95. The molecule has 0 aliphatic carbocycles. The van der Waals surface area contributed by atoms with Crippen LogP contribution >= 0.6 is 0 Å². The maximum absolute atomic E-state index is 10.6. The Hall–Kier alpha value is -2.14. The molecule has 0 saturated carbocycles. The second-order valence-electron chi connectivity index (χ2n) is 4.09. The summed E-state index contributed by atoms with van der Waals surface area (Å²) < 4.78 is 0. The van der Waals surface area contributed by atoms with Gasteiger partial charge >= 0.3 is 5.97 Å². The van der Waals surface area contributed by atoms with Crippen LogP contribution in [0.2, 0.25) is 0 Å². The van der Waals surface area contributed by atoms with E-state index in [1.807, 2.05) is 30.3 Å². The van der Waals surface area contributed by atoms with Crippen molar-refractivity contribution in [2.45, 2.75) is 18.9 Å². The molecule has 1 heterocycles. The number of aromatic nitrogens is 2. The molecule has 2 aromatic rings. The van der Waals surface area contributed by atoms with Crippen molar-refractivity contribution >= 4 is 5.97 Å². The predicted octanol–water partition coefficient (Wildman–Crippen LogP) is 1.42. The number of rotatable bonds is 5. The van der Waals surface area contributed by atoms with Gasteiger partial charge in [0.1, 0.15) is 11.9 Å². The number of benzene rings is 1. The highest BCUT2D eigenvalue weighted by Crippen LogP contribution is 2.16. The highest BCUT2D eigenvalue weighted by atomic mass is 16.4. The van der Waals surface area contributed by atoms with Gasteiger partial charge in [-0.25, -0.2) is 4.98 Å². The van der Waals surface area contributed by atoms with Crippen molar-refractivity contribution in [3.63, 3.8) is 0 Å². The number of hydrogen-bond acceptors (Lipinski definition) is 3. The van der Waals surface area contributed by atoms with Crippen LogP contribution in [0.1, 0.15) is 12.2 Å². The van der Waals surface area contributed by atoms with Gasteiger partial charge in [-0.2, -0.15) is 0 Å². The van der Waals surface area contributed by atoms with E-state index in [1.165, 1.54) is 0 Å². The quantitative estimate of drug-likeness (QED) is 0.742. The van der Waals surface area contributed by atoms with Crippen LogP contribution in [0.25, 0.3) is 11.3 Å². The van der Waals surface area contributed by atoms with Gasteiger partial charge in [0.05, 0.1) is 11.9 Å². The zero-order chi connectivity index (χ0) is 13.0. The molecule has 1 aromatic carbocycles. The van der Waals surface area contributed by atoms with Crippen molar-refractivity contribution < 1.29 is 9.90 Å². The molecule has 0 spiro atoms. The molecule has 0 bridgehead atoms. The molecule has 0 saturated heterocycles. The second-order valence-corrected chi connectivity index (χ2v) is 4.09. The predicted molar refractivity (Wildman–Crippen MR) is 68.0 cm³/mol. The Morgan fingerprint density at radius 2 is 2.11 bits per heavy atom. The smallest absolute Gasteiger partial charge is 0.320 e. The number of nitrogens with two attached hydrogens (primary N) is 1. The molecule has 2 rings (SSSR count). The lowest BCUT2D eigenvalue weighted by atomic mass is 10.1. The summed E-state index contributed by atoms with van der Waals surface area (Å²) in [7, 11) is 0. The maximum atomic E-state index is 10.6. The fourth-order valence-electron chi connectivity index (χ4n) is 1.67. The van der Waals surface area contributed by atoms with Crippen molar-refractivity contribution in [2.24, 2.45) is 5.73 Å². The first-order valence-corrected chi connectivity index (χ1v) is 5.74. The summed E-state index contributed by atoms with van der Waals surface area (Å²) in [5.41, 5.74) is 7.42. The van der Waals surface area contributed by atoms with Gasteiger partial charge in [-0.15, -0.1) is 0 Å². The van der Waals surface area contributed by atoms with Crippen LogP contribution in [0, 0.1) is 0 Å². The van der Waals surface area contributed by atoms with Gasteiger partial charge < -0.3 is 15.8 Å². The van der Waals surface area contributed by atoms with Crippen molar-refractivity contribution in [1.29, 1.82) is 0 Å². The van der Waals surface area contributed by atoms with Crippen LogP contribution in [0.5, 0.6) is 0 Å². The molecular formula is C13H15N3O2. The van der Waals surface area contributed by atoms with Gasteiger partial charge in [-0.05, 0) is 12.0 Å². The molecule has 0 radical (unpaired) electrons. The number of imidazole rings is 1. The van der Waals surface area contributed by atoms with Gasteiger partial charge in [0.25, 0.3) is 0 Å². The lowest BCUT2D eigenvalue weighted by Gasteiger charge is -2.03. The Labute approximate surface area is 105 Å². The number of hydrogen-bond donors (Lipinski definition) is 3. The molecule has 0 aliphatic heterocycles. The second kappa shape index (κ2) is 5.46. The third-order valence-corrected chi connectivity index (χ3v) is 2.72. The Morgan fingerprint density at radius 3 is 2.78 bits per heavy atom. The van der Waals surface area contributed by atoms with Crippen LogP contribution in [0.3, 0.4) is 0 Å². The number of carboxylic acid groups (broad SMARTS) is 1. The van der Waals surface area contributed by atoms with Gasteiger partial charge in [0.15, 0.2) is 0 Å². The van der Waals surface area contributed by atoms with Crippen molar-refractivity contribution in [2.75, 3.05) is 0 Å². The van der Waals surface area contributed by atoms with Crippen molar-refractivity contribution in [3.8, 4) is 11.3 Å². The standard InChI is InChI=1S/C13H15N3O2/c14-10(13(17)18)6-7-12-15-8-11(16-12)9-4-2-1-3-5-9/h1-5,8,10H,6-7,14H2,(H,15,16)(H,17,18)/t10-/m1/s1. The fraction of sp³-hybridized carbons (Fsp3) is 0.231. The highest BCUT2D eigenvalue weighted by molar-refractivity contribution is 5.73. The average Bonchev–Trinajstić information content (AvgIpc) is 2.85. The van der Waals surface area contributed by atoms with Gasteiger partial charge in [-0.3, -0.25) is 4.79 Å². The Balaban J connectivity index is 2.01. The minimum Gasteiger partial charge on any atom is -0.480 e. The lowest BCUT2D eigenvalue weighted by Crippen LogP contribution is -2.30. The topological polar surface area (TPSA) is 92.0 Å². The van der Waals surface area contributed by atoms with Gasteiger partial charge in [0, 0.05) is 6.42 Å². The Morgan fingerprint density at radius 1 is 1.39 bits per heavy atom. The molecule has 1 atom stereocenters. The molecule has 0 aliphatic rings. The number of carboxylic acids is 1. The van der Waals surface area contributed by atoms with E-state index in [2.05, 4.69) is 9.97 Å². The Bertz CT molecular complexity index is 522. The first kappa shape index (κ1) is 12.3. The molecule has 0 unspecified atom stereocenters. The summed E-state index contributed by atoms with van der Waals surface area (Å²) in [5, 5.41) is 8.69. The van der Waals surface area contributed by atoms with E-state index in [0.29, 0.717) is 12.8 Å². The number of carbonyl (C=O) groups is 1. The molecular weight excluding hydrogens is 230 g/mol. The summed E-state index contributed by atoms with van der Waals surface area (Å²) in [5.74, 6) is -0.226. The van der Waals surface area contributed by atoms with Crippen LogP contribution in [0.4, 0.5) is 0 Å². The largest absolute Gasteiger partial charge is 0.480 e. The zero-order valence-corrected chi connectivity index (χ0v) is 9.84. The number of aliphatic carboxylic acids is 1. The minimum absolute atomic E-state index is 0.372. The summed E-state index contributed by atoms with van der Waals surface area (Å²) in [4.78, 5) is 18.0. The number of H-pyrrole nitrogens is 1. The molecule has 94 valence electrons. The van der Waals surface area contributed by atoms with E-state index in [0.717, 1.165) is 17.1 Å². The van der Waals surface area contributed by atoms with Crippen LogP contribution in [-0.2, 0) is 11.2 Å². The summed E-state index contributed by atoms with van der Waals surface area (Å²) >= 11 is 0. The molecule has 5 heteroatoms. The molecule has 18 heavy (non-hydrogen) atoms. The van der Waals surface area contributed by atoms with Crippen LogP contribution in [-0.4, -0.2) is 27.1 Å². The highest BCUT2D eigenvalue weighted by Gasteiger charge is 2.12. The molecule has 1 aromatic heterocycles. The monoisotopic (exact) mass is 245 g/mol. The van der Waals surface area contributed by atoms with E-state index >= 15 is 0 Å². The SMILES string of the molecule is N[C@H](CCc1ncc(-c2ccccc2)[nH]1)C(=O)O. The van der Waals surface area contributed by atoms with Crippen LogP contribution in [0.15, 0.2) is 36.5 Å². The maximum Gasteiger partial charge on any atom is 0.320 e. The van der Waals surface area contributed by atoms with E-state index in [-0.39, 0.29) is 0 Å². The van der Waals surface area contributed by atoms with Crippen molar-refractivity contribution in [1.82, 2.24) is 9.97 Å². The van der Waals surface area contributed by atoms with Crippen molar-refractivity contribution in [3.05, 3.63) is 42.4 Å². The van der Waals surface area contributed by atoms with Gasteiger partial charge in [-0.1, -0.05) is 30.3 Å². The first-order valence-electron chi connectivity index (χ1n) is 5.74. The number of aryl methyl sites for hydroxylation is 1. The number of nitrogens with zero attached hydrogens (tertiary/aromatic N) is 1. The summed E-state index contributed by atoms with van der Waals surface area (Å²) in [6, 6.07) is 9.00. The van der Waals surface area contributed by atoms with Gasteiger partial charge in [0.2, 0.25) is 0 Å². The summed E-state index contributed by atoms with van der Waals surface area (Å²) in [6.07, 6.45) is 2.65. The number of aromatic amines is 1. The molecule has 0 fully saturated rings. The molecule has 4 N–H and O–H groups in total. The first-order chi connectivity index (χ1) is 8.66. The van der Waals surface area contributed by atoms with E-state index < -0.39 is 12.0 Å². The minimum atomic E-state index is -0.982. The lowest BCUT2D eigenvalue weighted by molar-refractivity contribution is -0.138. The normalized spacial score (nSPS) is 12.3. The van der Waals surface area contributed by atoms with E-state index in [9.17, 15) is 4.79 Å². The zero-order valence-electron chi connectivity index (χ0n) is 9.84. The molecule has 5 nitrogen and oxygen atoms in total.